The number of benzene rings is 2. The molecule has 2 aliphatic heterocycles. The second kappa shape index (κ2) is 11.1. The topological polar surface area (TPSA) is 95.6 Å². The first-order chi connectivity index (χ1) is 18.2. The minimum absolute atomic E-state index is 0.0542. The minimum Gasteiger partial charge on any atom is -0.485 e. The number of ether oxygens (including phenoxy) is 5. The number of halogens is 1. The van der Waals surface area contributed by atoms with E-state index in [0.717, 1.165) is 12.8 Å². The lowest BCUT2D eigenvalue weighted by molar-refractivity contribution is -0.220. The Bertz CT molecular complexity index is 1130. The largest absolute Gasteiger partial charge is 0.485 e. The Kier molecular flexibility index (Phi) is 7.81. The highest BCUT2D eigenvalue weighted by Gasteiger charge is 2.60. The molecule has 3 fully saturated rings. The van der Waals surface area contributed by atoms with Crippen LogP contribution >= 0.6 is 11.6 Å². The Balaban J connectivity index is 1.47. The first kappa shape index (κ1) is 26.7. The van der Waals surface area contributed by atoms with Crippen LogP contribution < -0.4 is 10.1 Å². The molecule has 2 heterocycles. The van der Waals surface area contributed by atoms with E-state index >= 15 is 0 Å². The number of hydrogen-bond acceptors (Lipinski definition) is 7. The van der Waals surface area contributed by atoms with Gasteiger partial charge in [-0.25, -0.2) is 4.79 Å². The van der Waals surface area contributed by atoms with Crippen molar-refractivity contribution in [3.05, 3.63) is 59.6 Å². The lowest BCUT2D eigenvalue weighted by Crippen LogP contribution is -2.56. The van der Waals surface area contributed by atoms with Gasteiger partial charge < -0.3 is 33.9 Å². The predicted octanol–water partition coefficient (Wildman–Crippen LogP) is 4.98. The molecule has 0 radical (unpaired) electrons. The number of anilines is 1. The van der Waals surface area contributed by atoms with Crippen LogP contribution in [-0.2, 0) is 23.7 Å². The van der Waals surface area contributed by atoms with E-state index in [1.807, 2.05) is 44.2 Å². The monoisotopic (exact) mass is 544 g/mol. The third-order valence-corrected chi connectivity index (χ3v) is 6.98. The third-order valence-electron chi connectivity index (χ3n) is 6.73. The van der Waals surface area contributed by atoms with Crippen LogP contribution in [0.15, 0.2) is 54.6 Å². The summed E-state index contributed by atoms with van der Waals surface area (Å²) >= 11 is 6.02. The zero-order valence-corrected chi connectivity index (χ0v) is 22.4. The number of rotatable bonds is 9. The lowest BCUT2D eigenvalue weighted by atomic mass is 9.98. The summed E-state index contributed by atoms with van der Waals surface area (Å²) in [5.74, 6) is -0.667. The molecular formula is C28H33ClN2O7. The molecule has 1 saturated carbocycles. The Labute approximate surface area is 227 Å². The van der Waals surface area contributed by atoms with E-state index in [0.29, 0.717) is 16.5 Å². The zero-order valence-electron chi connectivity index (χ0n) is 21.7. The van der Waals surface area contributed by atoms with E-state index in [-0.39, 0.29) is 25.1 Å². The van der Waals surface area contributed by atoms with Crippen LogP contribution in [0.5, 0.6) is 5.75 Å². The van der Waals surface area contributed by atoms with E-state index in [2.05, 4.69) is 5.32 Å². The maximum Gasteiger partial charge on any atom is 0.322 e. The zero-order chi connectivity index (χ0) is 26.9. The van der Waals surface area contributed by atoms with Crippen LogP contribution in [0.2, 0.25) is 5.02 Å². The molecule has 38 heavy (non-hydrogen) atoms. The predicted molar refractivity (Wildman–Crippen MR) is 140 cm³/mol. The van der Waals surface area contributed by atoms with Gasteiger partial charge in [0.15, 0.2) is 24.3 Å². The number of urea groups is 1. The molecule has 0 bridgehead atoms. The molecule has 1 aliphatic carbocycles. The van der Waals surface area contributed by atoms with Crippen molar-refractivity contribution in [2.45, 2.75) is 82.5 Å². The standard InChI is InChI=1S/C28H33ClN2O7/c1-4-34-22(32)16-21(31(19-14-15-19)27(33)30-18-12-10-17(29)11-13-18)23-24(35-20-8-6-5-7-9-20)25-26(36-23)38-28(2,3)37-25/h5-13,19,21,23-26H,4,14-16H2,1-3H3,(H,30,33)/t21-,23?,24-,25+,26+/m0/s1. The number of nitrogens with one attached hydrogen (secondary N) is 1. The Morgan fingerprint density at radius 3 is 2.47 bits per heavy atom. The lowest BCUT2D eigenvalue weighted by Gasteiger charge is -2.38. The van der Waals surface area contributed by atoms with E-state index in [9.17, 15) is 9.59 Å². The number of carbonyl (C=O) groups excluding carboxylic acids is 2. The maximum atomic E-state index is 13.7. The number of hydrogen-bond donors (Lipinski definition) is 1. The van der Waals surface area contributed by atoms with E-state index < -0.39 is 42.4 Å². The molecule has 1 N–H and O–H groups in total. The molecule has 2 amide bonds. The van der Waals surface area contributed by atoms with E-state index in [1.54, 1.807) is 36.1 Å². The molecule has 204 valence electrons. The summed E-state index contributed by atoms with van der Waals surface area (Å²) in [4.78, 5) is 28.2. The number of nitrogens with zero attached hydrogens (tertiary/aromatic N) is 1. The summed E-state index contributed by atoms with van der Waals surface area (Å²) in [6.45, 7) is 5.61. The Hall–Kier alpha value is -2.85. The van der Waals surface area contributed by atoms with Crippen molar-refractivity contribution < 1.29 is 33.3 Å². The quantitative estimate of drug-likeness (QED) is 0.445. The second-order valence-electron chi connectivity index (χ2n) is 10.1. The summed E-state index contributed by atoms with van der Waals surface area (Å²) < 4.78 is 30.3. The molecule has 5 atom stereocenters. The summed E-state index contributed by atoms with van der Waals surface area (Å²) in [5.41, 5.74) is 0.592. The highest BCUT2D eigenvalue weighted by atomic mass is 35.5. The van der Waals surface area contributed by atoms with Crippen molar-refractivity contribution in [3.8, 4) is 5.75 Å². The Morgan fingerprint density at radius 2 is 1.82 bits per heavy atom. The van der Waals surface area contributed by atoms with Crippen molar-refractivity contribution in [1.29, 1.82) is 0 Å². The molecule has 1 unspecified atom stereocenters. The summed E-state index contributed by atoms with van der Waals surface area (Å²) in [6, 6.07) is 15.1. The number of esters is 1. The van der Waals surface area contributed by atoms with Crippen LogP contribution in [0, 0.1) is 0 Å². The fourth-order valence-electron chi connectivity index (χ4n) is 5.03. The van der Waals surface area contributed by atoms with Crippen LogP contribution in [0.25, 0.3) is 0 Å². The van der Waals surface area contributed by atoms with Crippen molar-refractivity contribution in [2.24, 2.45) is 0 Å². The summed E-state index contributed by atoms with van der Waals surface area (Å²) in [6.07, 6.45) is -1.07. The van der Waals surface area contributed by atoms with Gasteiger partial charge >= 0.3 is 12.0 Å². The van der Waals surface area contributed by atoms with Gasteiger partial charge in [-0.2, -0.15) is 0 Å². The maximum absolute atomic E-state index is 13.7. The number of para-hydroxylation sites is 1. The van der Waals surface area contributed by atoms with Gasteiger partial charge in [0.1, 0.15) is 11.9 Å². The van der Waals surface area contributed by atoms with Crippen molar-refractivity contribution >= 4 is 29.3 Å². The van der Waals surface area contributed by atoms with Crippen LogP contribution in [0.3, 0.4) is 0 Å². The van der Waals surface area contributed by atoms with Gasteiger partial charge in [-0.15, -0.1) is 0 Å². The third kappa shape index (κ3) is 6.07. The van der Waals surface area contributed by atoms with Gasteiger partial charge in [-0.05, 0) is 70.0 Å². The molecule has 9 nitrogen and oxygen atoms in total. The van der Waals surface area contributed by atoms with Crippen LogP contribution in [0.4, 0.5) is 10.5 Å². The molecule has 5 rings (SSSR count). The first-order valence-corrected chi connectivity index (χ1v) is 13.3. The summed E-state index contributed by atoms with van der Waals surface area (Å²) in [7, 11) is 0. The molecule has 2 aromatic rings. The SMILES string of the molecule is CCOC(=O)C[C@@H](C1O[C@@H]2OC(C)(C)O[C@@H]2[C@H]1Oc1ccccc1)N(C(=O)Nc1ccc(Cl)cc1)C1CC1. The molecule has 2 saturated heterocycles. The number of amides is 2. The fourth-order valence-corrected chi connectivity index (χ4v) is 5.15. The van der Waals surface area contributed by atoms with Crippen molar-refractivity contribution in [2.75, 3.05) is 11.9 Å². The van der Waals surface area contributed by atoms with Crippen molar-refractivity contribution in [1.82, 2.24) is 4.90 Å². The average molecular weight is 545 g/mol. The normalized spacial score (nSPS) is 26.3. The molecule has 0 spiro atoms. The van der Waals surface area contributed by atoms with Gasteiger partial charge in [-0.1, -0.05) is 29.8 Å². The molecule has 3 aliphatic rings. The fraction of sp³-hybridized carbons (Fsp3) is 0.500. The molecular weight excluding hydrogens is 512 g/mol. The molecule has 2 aromatic carbocycles. The van der Waals surface area contributed by atoms with Gasteiger partial charge in [0.25, 0.3) is 0 Å². The summed E-state index contributed by atoms with van der Waals surface area (Å²) in [5, 5.41) is 3.51. The molecule has 10 heteroatoms. The van der Waals surface area contributed by atoms with Gasteiger partial charge in [0.2, 0.25) is 0 Å². The van der Waals surface area contributed by atoms with Gasteiger partial charge in [0, 0.05) is 16.8 Å². The first-order valence-electron chi connectivity index (χ1n) is 13.0. The van der Waals surface area contributed by atoms with E-state index in [1.165, 1.54) is 0 Å². The highest BCUT2D eigenvalue weighted by molar-refractivity contribution is 6.30. The number of fused-ring (bicyclic) bond motifs is 1. The smallest absolute Gasteiger partial charge is 0.322 e. The van der Waals surface area contributed by atoms with Crippen molar-refractivity contribution in [3.63, 3.8) is 0 Å². The van der Waals surface area contributed by atoms with Crippen LogP contribution in [-0.4, -0.2) is 66.0 Å². The number of carbonyl (C=O) groups is 2. The highest BCUT2D eigenvalue weighted by Crippen LogP contribution is 2.43. The van der Waals surface area contributed by atoms with E-state index in [4.69, 9.17) is 35.3 Å². The average Bonchev–Trinajstić information content (AvgIpc) is 3.59. The molecule has 0 aromatic heterocycles. The van der Waals surface area contributed by atoms with Crippen LogP contribution in [0.1, 0.15) is 40.0 Å². The van der Waals surface area contributed by atoms with Gasteiger partial charge in [0.05, 0.1) is 19.1 Å². The Morgan fingerprint density at radius 1 is 1.11 bits per heavy atom. The van der Waals surface area contributed by atoms with Gasteiger partial charge in [-0.3, -0.25) is 4.79 Å². The minimum atomic E-state index is -0.864. The second-order valence-corrected chi connectivity index (χ2v) is 10.6.